The molecule has 0 unspecified atom stereocenters. The normalized spacial score (nSPS) is 37.4. The molecule has 0 aliphatic heterocycles. The van der Waals surface area contributed by atoms with Crippen molar-refractivity contribution < 1.29 is 0 Å². The van der Waals surface area contributed by atoms with Crippen LogP contribution in [0.3, 0.4) is 0 Å². The molecule has 1 aliphatic rings. The largest absolute Gasteiger partial charge is 0.0922 e. The van der Waals surface area contributed by atoms with Crippen LogP contribution >= 0.6 is 15.9 Å². The van der Waals surface area contributed by atoms with Gasteiger partial charge in [0.1, 0.15) is 0 Å². The van der Waals surface area contributed by atoms with Gasteiger partial charge < -0.3 is 0 Å². The molecule has 1 rings (SSSR count). The van der Waals surface area contributed by atoms with E-state index in [1.807, 2.05) is 0 Å². The lowest BCUT2D eigenvalue weighted by Crippen LogP contribution is -2.38. The lowest BCUT2D eigenvalue weighted by atomic mass is 9.61. The Kier molecular flexibility index (Phi) is 3.02. The van der Waals surface area contributed by atoms with E-state index in [1.54, 1.807) is 0 Å². The third-order valence-corrected chi connectivity index (χ3v) is 3.88. The van der Waals surface area contributed by atoms with Crippen LogP contribution in [-0.2, 0) is 0 Å². The zero-order chi connectivity index (χ0) is 8.48. The van der Waals surface area contributed by atoms with E-state index >= 15 is 0 Å². The van der Waals surface area contributed by atoms with Crippen molar-refractivity contribution in [2.24, 2.45) is 17.3 Å². The predicted octanol–water partition coefficient (Wildman–Crippen LogP) is 3.84. The van der Waals surface area contributed by atoms with Gasteiger partial charge >= 0.3 is 0 Å². The van der Waals surface area contributed by atoms with Gasteiger partial charge in [0, 0.05) is 5.33 Å². The first-order valence-electron chi connectivity index (χ1n) is 4.64. The van der Waals surface area contributed by atoms with Gasteiger partial charge in [0.05, 0.1) is 0 Å². The maximum absolute atomic E-state index is 3.64. The van der Waals surface area contributed by atoms with Crippen LogP contribution in [0.5, 0.6) is 0 Å². The third kappa shape index (κ3) is 2.21. The van der Waals surface area contributed by atoms with Gasteiger partial charge in [-0.05, 0) is 36.5 Å². The standard InChI is InChI=1S/C10H19Br/c1-8(2)4-10(7-11)5-9(3)6-10/h8-9H,4-7H2,1-3H3. The smallest absolute Gasteiger partial charge is 0.00882 e. The van der Waals surface area contributed by atoms with Gasteiger partial charge in [0.15, 0.2) is 0 Å². The van der Waals surface area contributed by atoms with E-state index in [0.29, 0.717) is 5.41 Å². The van der Waals surface area contributed by atoms with Crippen LogP contribution in [-0.4, -0.2) is 5.33 Å². The van der Waals surface area contributed by atoms with Gasteiger partial charge in [-0.3, -0.25) is 0 Å². The van der Waals surface area contributed by atoms with Crippen LogP contribution in [0.2, 0.25) is 0 Å². The molecule has 0 atom stereocenters. The zero-order valence-electron chi connectivity index (χ0n) is 7.86. The Bertz CT molecular complexity index is 123. The number of rotatable bonds is 3. The summed E-state index contributed by atoms with van der Waals surface area (Å²) in [5, 5.41) is 1.21. The first kappa shape index (κ1) is 9.57. The molecular weight excluding hydrogens is 200 g/mol. The lowest BCUT2D eigenvalue weighted by molar-refractivity contribution is 0.0696. The summed E-state index contributed by atoms with van der Waals surface area (Å²) in [4.78, 5) is 0. The van der Waals surface area contributed by atoms with Gasteiger partial charge in [-0.15, -0.1) is 0 Å². The maximum Gasteiger partial charge on any atom is 0.00882 e. The molecule has 1 heteroatoms. The molecule has 0 aromatic carbocycles. The molecule has 0 heterocycles. The molecule has 1 saturated carbocycles. The Morgan fingerprint density at radius 3 is 2.27 bits per heavy atom. The second-order valence-electron chi connectivity index (χ2n) is 4.75. The highest BCUT2D eigenvalue weighted by molar-refractivity contribution is 9.09. The summed E-state index contributed by atoms with van der Waals surface area (Å²) in [5.41, 5.74) is 0.674. The summed E-state index contributed by atoms with van der Waals surface area (Å²) >= 11 is 3.64. The van der Waals surface area contributed by atoms with E-state index in [1.165, 1.54) is 24.6 Å². The first-order chi connectivity index (χ1) is 5.08. The summed E-state index contributed by atoms with van der Waals surface area (Å²) < 4.78 is 0. The van der Waals surface area contributed by atoms with Gasteiger partial charge in [0.25, 0.3) is 0 Å². The molecule has 66 valence electrons. The van der Waals surface area contributed by atoms with Crippen LogP contribution in [0.25, 0.3) is 0 Å². The van der Waals surface area contributed by atoms with Crippen molar-refractivity contribution in [3.8, 4) is 0 Å². The molecule has 0 spiro atoms. The van der Waals surface area contributed by atoms with Crippen molar-refractivity contribution in [3.05, 3.63) is 0 Å². The Balaban J connectivity index is 2.38. The zero-order valence-corrected chi connectivity index (χ0v) is 9.45. The average Bonchev–Trinajstić information content (AvgIpc) is 1.82. The molecule has 0 nitrogen and oxygen atoms in total. The summed E-state index contributed by atoms with van der Waals surface area (Å²) in [6, 6.07) is 0. The van der Waals surface area contributed by atoms with Crippen LogP contribution in [0, 0.1) is 17.3 Å². The average molecular weight is 219 g/mol. The summed E-state index contributed by atoms with van der Waals surface area (Å²) in [6.07, 6.45) is 4.29. The highest BCUT2D eigenvalue weighted by Gasteiger charge is 2.40. The predicted molar refractivity (Wildman–Crippen MR) is 54.1 cm³/mol. The number of hydrogen-bond donors (Lipinski definition) is 0. The van der Waals surface area contributed by atoms with E-state index in [-0.39, 0.29) is 0 Å². The molecule has 0 N–H and O–H groups in total. The third-order valence-electron chi connectivity index (χ3n) is 2.69. The highest BCUT2D eigenvalue weighted by atomic mass is 79.9. The fraction of sp³-hybridized carbons (Fsp3) is 1.00. The van der Waals surface area contributed by atoms with E-state index in [9.17, 15) is 0 Å². The van der Waals surface area contributed by atoms with Crippen molar-refractivity contribution in [1.82, 2.24) is 0 Å². The molecular formula is C10H19Br. The Morgan fingerprint density at radius 2 is 2.00 bits per heavy atom. The van der Waals surface area contributed by atoms with Crippen molar-refractivity contribution in [2.75, 3.05) is 5.33 Å². The van der Waals surface area contributed by atoms with Crippen LogP contribution in [0.4, 0.5) is 0 Å². The molecule has 0 radical (unpaired) electrons. The molecule has 0 saturated heterocycles. The van der Waals surface area contributed by atoms with E-state index in [4.69, 9.17) is 0 Å². The van der Waals surface area contributed by atoms with Gasteiger partial charge in [-0.2, -0.15) is 0 Å². The fourth-order valence-corrected chi connectivity index (χ4v) is 3.30. The number of hydrogen-bond acceptors (Lipinski definition) is 0. The Hall–Kier alpha value is 0.480. The minimum atomic E-state index is 0.674. The fourth-order valence-electron chi connectivity index (χ4n) is 2.61. The molecule has 0 bridgehead atoms. The van der Waals surface area contributed by atoms with Crippen molar-refractivity contribution >= 4 is 15.9 Å². The van der Waals surface area contributed by atoms with Crippen LogP contribution in [0.1, 0.15) is 40.0 Å². The minimum Gasteiger partial charge on any atom is -0.0922 e. The first-order valence-corrected chi connectivity index (χ1v) is 5.76. The highest BCUT2D eigenvalue weighted by Crippen LogP contribution is 2.50. The van der Waals surface area contributed by atoms with Gasteiger partial charge in [-0.25, -0.2) is 0 Å². The summed E-state index contributed by atoms with van der Waals surface area (Å²) in [5.74, 6) is 1.84. The summed E-state index contributed by atoms with van der Waals surface area (Å²) in [7, 11) is 0. The second kappa shape index (κ2) is 3.47. The Labute approximate surface area is 78.9 Å². The van der Waals surface area contributed by atoms with E-state index in [2.05, 4.69) is 36.7 Å². The molecule has 11 heavy (non-hydrogen) atoms. The lowest BCUT2D eigenvalue weighted by Gasteiger charge is -2.46. The van der Waals surface area contributed by atoms with Crippen LogP contribution in [0.15, 0.2) is 0 Å². The second-order valence-corrected chi connectivity index (χ2v) is 5.31. The number of halogens is 1. The molecule has 0 aromatic heterocycles. The topological polar surface area (TPSA) is 0 Å². The van der Waals surface area contributed by atoms with Crippen molar-refractivity contribution in [1.29, 1.82) is 0 Å². The quantitative estimate of drug-likeness (QED) is 0.632. The monoisotopic (exact) mass is 218 g/mol. The molecule has 1 aliphatic carbocycles. The molecule has 0 aromatic rings. The van der Waals surface area contributed by atoms with Gasteiger partial charge in [-0.1, -0.05) is 36.7 Å². The molecule has 0 amide bonds. The Morgan fingerprint density at radius 1 is 1.45 bits per heavy atom. The van der Waals surface area contributed by atoms with Crippen molar-refractivity contribution in [2.45, 2.75) is 40.0 Å². The summed E-state index contributed by atoms with van der Waals surface area (Å²) in [6.45, 7) is 7.02. The van der Waals surface area contributed by atoms with E-state index in [0.717, 1.165) is 11.8 Å². The maximum atomic E-state index is 3.64. The number of alkyl halides is 1. The van der Waals surface area contributed by atoms with Gasteiger partial charge in [0.2, 0.25) is 0 Å². The van der Waals surface area contributed by atoms with Crippen molar-refractivity contribution in [3.63, 3.8) is 0 Å². The SMILES string of the molecule is CC(C)CC1(CBr)CC(C)C1. The molecule has 1 fully saturated rings. The van der Waals surface area contributed by atoms with Crippen LogP contribution < -0.4 is 0 Å². The minimum absolute atomic E-state index is 0.674. The van der Waals surface area contributed by atoms with E-state index < -0.39 is 0 Å².